The van der Waals surface area contributed by atoms with Gasteiger partial charge in [-0.25, -0.2) is 4.98 Å². The van der Waals surface area contributed by atoms with Gasteiger partial charge in [-0.05, 0) is 38.5 Å². The van der Waals surface area contributed by atoms with Crippen molar-refractivity contribution >= 4 is 32.6 Å². The zero-order valence-electron chi connectivity index (χ0n) is 10.8. The number of rotatable bonds is 4. The zero-order chi connectivity index (χ0) is 13.1. The van der Waals surface area contributed by atoms with Gasteiger partial charge in [-0.1, -0.05) is 17.4 Å². The van der Waals surface area contributed by atoms with Gasteiger partial charge < -0.3 is 10.6 Å². The lowest BCUT2D eigenvalue weighted by Crippen LogP contribution is -2.34. The molecular formula is C13H17N3OS. The Kier molecular flexibility index (Phi) is 3.81. The summed E-state index contributed by atoms with van der Waals surface area (Å²) < 4.78 is 1.13. The summed E-state index contributed by atoms with van der Waals surface area (Å²) in [5, 5.41) is 6.67. The van der Waals surface area contributed by atoms with E-state index in [9.17, 15) is 4.79 Å². The van der Waals surface area contributed by atoms with Gasteiger partial charge in [0.25, 0.3) is 0 Å². The number of benzene rings is 1. The first-order valence-electron chi connectivity index (χ1n) is 5.95. The minimum Gasteiger partial charge on any atom is -0.352 e. The topological polar surface area (TPSA) is 54.0 Å². The number of hydrogen-bond acceptors (Lipinski definition) is 4. The third kappa shape index (κ3) is 3.20. The maximum Gasteiger partial charge on any atom is 0.239 e. The molecule has 18 heavy (non-hydrogen) atoms. The van der Waals surface area contributed by atoms with Crippen LogP contribution in [-0.2, 0) is 4.79 Å². The summed E-state index contributed by atoms with van der Waals surface area (Å²) in [4.78, 5) is 16.0. The highest BCUT2D eigenvalue weighted by Gasteiger charge is 2.06. The van der Waals surface area contributed by atoms with E-state index in [1.165, 1.54) is 5.56 Å². The normalized spacial score (nSPS) is 10.9. The number of anilines is 1. The third-order valence-corrected chi connectivity index (χ3v) is 3.39. The van der Waals surface area contributed by atoms with Crippen LogP contribution in [0.2, 0.25) is 0 Å². The van der Waals surface area contributed by atoms with E-state index in [1.54, 1.807) is 11.3 Å². The van der Waals surface area contributed by atoms with Gasteiger partial charge in [0.15, 0.2) is 5.13 Å². The van der Waals surface area contributed by atoms with Crippen LogP contribution >= 0.6 is 11.3 Å². The van der Waals surface area contributed by atoms with Gasteiger partial charge >= 0.3 is 0 Å². The maximum atomic E-state index is 11.5. The largest absolute Gasteiger partial charge is 0.352 e. The van der Waals surface area contributed by atoms with Crippen molar-refractivity contribution in [1.29, 1.82) is 0 Å². The van der Waals surface area contributed by atoms with Crippen molar-refractivity contribution in [2.45, 2.75) is 26.8 Å². The predicted molar refractivity (Wildman–Crippen MR) is 76.1 cm³/mol. The lowest BCUT2D eigenvalue weighted by atomic mass is 10.2. The molecule has 0 saturated carbocycles. The van der Waals surface area contributed by atoms with Crippen LogP contribution < -0.4 is 10.6 Å². The molecule has 0 aliphatic heterocycles. The van der Waals surface area contributed by atoms with Crippen LogP contribution in [-0.4, -0.2) is 23.5 Å². The minimum absolute atomic E-state index is 0.0135. The number of nitrogens with zero attached hydrogens (tertiary/aromatic N) is 1. The second kappa shape index (κ2) is 5.35. The van der Waals surface area contributed by atoms with E-state index in [0.29, 0.717) is 0 Å². The first kappa shape index (κ1) is 12.8. The molecule has 1 aromatic heterocycles. The lowest BCUT2D eigenvalue weighted by Gasteiger charge is -2.08. The highest BCUT2D eigenvalue weighted by molar-refractivity contribution is 7.22. The first-order valence-corrected chi connectivity index (χ1v) is 6.76. The molecule has 0 unspecified atom stereocenters. The Bertz CT molecular complexity index is 562. The van der Waals surface area contributed by atoms with Crippen LogP contribution in [0.5, 0.6) is 0 Å². The average molecular weight is 263 g/mol. The van der Waals surface area contributed by atoms with Crippen molar-refractivity contribution in [3.8, 4) is 0 Å². The Labute approximate surface area is 110 Å². The highest BCUT2D eigenvalue weighted by atomic mass is 32.1. The molecule has 96 valence electrons. The van der Waals surface area contributed by atoms with Gasteiger partial charge in [-0.3, -0.25) is 4.79 Å². The second-order valence-corrected chi connectivity index (χ2v) is 5.60. The van der Waals surface area contributed by atoms with E-state index in [1.807, 2.05) is 26.8 Å². The summed E-state index contributed by atoms with van der Waals surface area (Å²) in [6, 6.07) is 6.33. The molecule has 0 atom stereocenters. The number of thiazole rings is 1. The Morgan fingerprint density at radius 2 is 2.22 bits per heavy atom. The molecular weight excluding hydrogens is 246 g/mol. The van der Waals surface area contributed by atoms with Crippen molar-refractivity contribution in [3.05, 3.63) is 23.8 Å². The molecule has 0 aliphatic rings. The van der Waals surface area contributed by atoms with Crippen LogP contribution in [0.1, 0.15) is 19.4 Å². The molecule has 2 aromatic rings. The van der Waals surface area contributed by atoms with E-state index in [2.05, 4.69) is 27.8 Å². The lowest BCUT2D eigenvalue weighted by molar-refractivity contribution is -0.119. The number of carbonyl (C=O) groups is 1. The number of amides is 1. The molecule has 4 nitrogen and oxygen atoms in total. The van der Waals surface area contributed by atoms with Gasteiger partial charge in [-0.15, -0.1) is 0 Å². The first-order chi connectivity index (χ1) is 8.54. The molecule has 0 radical (unpaired) electrons. The van der Waals surface area contributed by atoms with Gasteiger partial charge in [0.05, 0.1) is 16.8 Å². The quantitative estimate of drug-likeness (QED) is 0.891. The van der Waals surface area contributed by atoms with E-state index >= 15 is 0 Å². The highest BCUT2D eigenvalue weighted by Crippen LogP contribution is 2.26. The zero-order valence-corrected chi connectivity index (χ0v) is 11.6. The fraction of sp³-hybridized carbons (Fsp3) is 0.385. The molecule has 0 bridgehead atoms. The minimum atomic E-state index is -0.0135. The number of hydrogen-bond donors (Lipinski definition) is 2. The molecule has 0 spiro atoms. The average Bonchev–Trinajstić information content (AvgIpc) is 2.67. The molecule has 0 saturated heterocycles. The third-order valence-electron chi connectivity index (χ3n) is 2.39. The van der Waals surface area contributed by atoms with Crippen LogP contribution in [0.25, 0.3) is 10.2 Å². The van der Waals surface area contributed by atoms with E-state index in [-0.39, 0.29) is 18.5 Å². The van der Waals surface area contributed by atoms with Crippen LogP contribution in [0.4, 0.5) is 5.13 Å². The Balaban J connectivity index is 2.02. The Morgan fingerprint density at radius 1 is 1.44 bits per heavy atom. The molecule has 1 amide bonds. The van der Waals surface area contributed by atoms with Crippen molar-refractivity contribution < 1.29 is 4.79 Å². The number of fused-ring (bicyclic) bond motifs is 1. The summed E-state index contributed by atoms with van der Waals surface area (Å²) >= 11 is 1.56. The van der Waals surface area contributed by atoms with Gasteiger partial charge in [0.1, 0.15) is 0 Å². The van der Waals surface area contributed by atoms with Crippen LogP contribution in [0.3, 0.4) is 0 Å². The van der Waals surface area contributed by atoms with E-state index in [4.69, 9.17) is 0 Å². The summed E-state index contributed by atoms with van der Waals surface area (Å²) in [5.74, 6) is -0.0135. The van der Waals surface area contributed by atoms with E-state index < -0.39 is 0 Å². The van der Waals surface area contributed by atoms with Crippen molar-refractivity contribution in [2.24, 2.45) is 0 Å². The number of carbonyl (C=O) groups excluding carboxylic acids is 1. The number of aromatic nitrogens is 1. The van der Waals surface area contributed by atoms with Crippen molar-refractivity contribution in [3.63, 3.8) is 0 Å². The summed E-state index contributed by atoms with van der Waals surface area (Å²) in [6.07, 6.45) is 0. The Hall–Kier alpha value is -1.62. The summed E-state index contributed by atoms with van der Waals surface area (Å²) in [7, 11) is 0. The molecule has 2 N–H and O–H groups in total. The number of nitrogens with one attached hydrogen (secondary N) is 2. The number of aryl methyl sites for hydroxylation is 1. The molecule has 0 aliphatic carbocycles. The molecule has 1 aromatic carbocycles. The smallest absolute Gasteiger partial charge is 0.239 e. The van der Waals surface area contributed by atoms with Crippen LogP contribution in [0.15, 0.2) is 18.2 Å². The van der Waals surface area contributed by atoms with Gasteiger partial charge in [-0.2, -0.15) is 0 Å². The Morgan fingerprint density at radius 3 is 2.94 bits per heavy atom. The van der Waals surface area contributed by atoms with Crippen molar-refractivity contribution in [2.75, 3.05) is 11.9 Å². The van der Waals surface area contributed by atoms with Gasteiger partial charge in [0, 0.05) is 6.04 Å². The van der Waals surface area contributed by atoms with E-state index in [0.717, 1.165) is 15.3 Å². The SMILES string of the molecule is Cc1ccc2sc(NCC(=O)NC(C)C)nc2c1. The molecule has 0 fully saturated rings. The van der Waals surface area contributed by atoms with Crippen LogP contribution in [0, 0.1) is 6.92 Å². The molecule has 1 heterocycles. The monoisotopic (exact) mass is 263 g/mol. The van der Waals surface area contributed by atoms with Gasteiger partial charge in [0.2, 0.25) is 5.91 Å². The van der Waals surface area contributed by atoms with Crippen molar-refractivity contribution in [1.82, 2.24) is 10.3 Å². The summed E-state index contributed by atoms with van der Waals surface area (Å²) in [6.45, 7) is 6.19. The maximum absolute atomic E-state index is 11.5. The molecule has 2 rings (SSSR count). The standard InChI is InChI=1S/C13H17N3OS/c1-8(2)15-12(17)7-14-13-16-10-6-9(3)4-5-11(10)18-13/h4-6,8H,7H2,1-3H3,(H,14,16)(H,15,17). The fourth-order valence-electron chi connectivity index (χ4n) is 1.64. The fourth-order valence-corrected chi connectivity index (χ4v) is 2.48. The molecule has 5 heteroatoms. The summed E-state index contributed by atoms with van der Waals surface area (Å²) in [5.41, 5.74) is 2.17. The predicted octanol–water partition coefficient (Wildman–Crippen LogP) is 2.54. The second-order valence-electron chi connectivity index (χ2n) is 4.57.